The molecule has 0 aliphatic heterocycles. The molecule has 0 radical (unpaired) electrons. The molecule has 3 aromatic rings. The number of hydrogen-bond acceptors (Lipinski definition) is 3. The SMILES string of the molecule is Cc1ccc(CNC(=O)c2cc(C(C)(C)C)n3nccc3n2)cc1. The second-order valence-electron chi connectivity index (χ2n) is 7.05. The highest BCUT2D eigenvalue weighted by atomic mass is 16.1. The first-order chi connectivity index (χ1) is 11.3. The molecule has 0 bridgehead atoms. The fraction of sp³-hybridized carbons (Fsp3) is 0.316. The number of carbonyl (C=O) groups excluding carboxylic acids is 1. The topological polar surface area (TPSA) is 59.3 Å². The molecule has 124 valence electrons. The molecule has 0 unspecified atom stereocenters. The number of aryl methyl sites for hydroxylation is 1. The summed E-state index contributed by atoms with van der Waals surface area (Å²) < 4.78 is 1.79. The van der Waals surface area contributed by atoms with Gasteiger partial charge in [-0.1, -0.05) is 50.6 Å². The van der Waals surface area contributed by atoms with E-state index in [0.29, 0.717) is 17.9 Å². The highest BCUT2D eigenvalue weighted by Crippen LogP contribution is 2.23. The average molecular weight is 322 g/mol. The first-order valence-corrected chi connectivity index (χ1v) is 8.03. The number of nitrogens with one attached hydrogen (secondary N) is 1. The van der Waals surface area contributed by atoms with E-state index in [1.165, 1.54) is 5.56 Å². The molecule has 2 heterocycles. The number of rotatable bonds is 3. The van der Waals surface area contributed by atoms with E-state index < -0.39 is 0 Å². The fourth-order valence-corrected chi connectivity index (χ4v) is 2.54. The highest BCUT2D eigenvalue weighted by molar-refractivity contribution is 5.92. The van der Waals surface area contributed by atoms with Crippen molar-refractivity contribution in [2.45, 2.75) is 39.7 Å². The van der Waals surface area contributed by atoms with E-state index in [2.05, 4.69) is 36.2 Å². The van der Waals surface area contributed by atoms with Crippen LogP contribution in [0.15, 0.2) is 42.6 Å². The summed E-state index contributed by atoms with van der Waals surface area (Å²) in [5, 5.41) is 7.25. The van der Waals surface area contributed by atoms with Crippen molar-refractivity contribution in [3.8, 4) is 0 Å². The summed E-state index contributed by atoms with van der Waals surface area (Å²) in [6.45, 7) is 8.81. The van der Waals surface area contributed by atoms with E-state index in [-0.39, 0.29) is 11.3 Å². The number of hydrogen-bond donors (Lipinski definition) is 1. The van der Waals surface area contributed by atoms with Gasteiger partial charge in [-0.05, 0) is 18.6 Å². The van der Waals surface area contributed by atoms with Gasteiger partial charge in [-0.15, -0.1) is 0 Å². The van der Waals surface area contributed by atoms with Gasteiger partial charge in [0.25, 0.3) is 5.91 Å². The van der Waals surface area contributed by atoms with Crippen LogP contribution in [0.25, 0.3) is 5.65 Å². The number of carbonyl (C=O) groups is 1. The number of amides is 1. The summed E-state index contributed by atoms with van der Waals surface area (Å²) in [4.78, 5) is 17.0. The number of benzene rings is 1. The summed E-state index contributed by atoms with van der Waals surface area (Å²) in [5.41, 5.74) is 4.18. The third-order valence-corrected chi connectivity index (χ3v) is 3.93. The minimum Gasteiger partial charge on any atom is -0.347 e. The Morgan fingerprint density at radius 1 is 1.17 bits per heavy atom. The number of nitrogens with zero attached hydrogens (tertiary/aromatic N) is 3. The van der Waals surface area contributed by atoms with Gasteiger partial charge in [0.15, 0.2) is 5.65 Å². The van der Waals surface area contributed by atoms with Crippen molar-refractivity contribution in [2.75, 3.05) is 0 Å². The molecule has 1 amide bonds. The van der Waals surface area contributed by atoms with Crippen LogP contribution in [0.4, 0.5) is 0 Å². The quantitative estimate of drug-likeness (QED) is 0.805. The van der Waals surface area contributed by atoms with Crippen LogP contribution in [0.1, 0.15) is 48.1 Å². The van der Waals surface area contributed by atoms with Gasteiger partial charge in [-0.25, -0.2) is 9.50 Å². The lowest BCUT2D eigenvalue weighted by atomic mass is 9.91. The van der Waals surface area contributed by atoms with Gasteiger partial charge in [0.1, 0.15) is 5.69 Å². The standard InChI is InChI=1S/C19H22N4O/c1-13-5-7-14(8-6-13)12-20-18(24)15-11-16(19(2,3)4)23-17(22-15)9-10-21-23/h5-11H,12H2,1-4H3,(H,20,24). The van der Waals surface area contributed by atoms with Crippen LogP contribution in [-0.2, 0) is 12.0 Å². The maximum absolute atomic E-state index is 12.5. The van der Waals surface area contributed by atoms with Crippen molar-refractivity contribution in [3.63, 3.8) is 0 Å². The third-order valence-electron chi connectivity index (χ3n) is 3.93. The molecule has 0 aliphatic rings. The lowest BCUT2D eigenvalue weighted by Crippen LogP contribution is -2.26. The average Bonchev–Trinajstić information content (AvgIpc) is 3.00. The number of fused-ring (bicyclic) bond motifs is 1. The van der Waals surface area contributed by atoms with E-state index in [9.17, 15) is 4.79 Å². The molecule has 0 fully saturated rings. The molecule has 1 N–H and O–H groups in total. The summed E-state index contributed by atoms with van der Waals surface area (Å²) in [7, 11) is 0. The molecule has 2 aromatic heterocycles. The van der Waals surface area contributed by atoms with E-state index in [1.54, 1.807) is 10.7 Å². The predicted molar refractivity (Wildman–Crippen MR) is 94.0 cm³/mol. The van der Waals surface area contributed by atoms with Crippen molar-refractivity contribution in [2.24, 2.45) is 0 Å². The summed E-state index contributed by atoms with van der Waals surface area (Å²) in [5.74, 6) is -0.176. The largest absolute Gasteiger partial charge is 0.347 e. The molecule has 1 aromatic carbocycles. The van der Waals surface area contributed by atoms with Crippen LogP contribution >= 0.6 is 0 Å². The van der Waals surface area contributed by atoms with Crippen molar-refractivity contribution in [3.05, 3.63) is 65.1 Å². The molecule has 5 nitrogen and oxygen atoms in total. The van der Waals surface area contributed by atoms with E-state index >= 15 is 0 Å². The van der Waals surface area contributed by atoms with Crippen LogP contribution < -0.4 is 5.32 Å². The van der Waals surface area contributed by atoms with Gasteiger partial charge >= 0.3 is 0 Å². The first kappa shape index (κ1) is 16.2. The van der Waals surface area contributed by atoms with Crippen LogP contribution in [0.2, 0.25) is 0 Å². The van der Waals surface area contributed by atoms with Gasteiger partial charge in [-0.2, -0.15) is 5.10 Å². The van der Waals surface area contributed by atoms with Crippen molar-refractivity contribution in [1.82, 2.24) is 19.9 Å². The maximum atomic E-state index is 12.5. The molecule has 3 rings (SSSR count). The number of aromatic nitrogens is 3. The van der Waals surface area contributed by atoms with Crippen LogP contribution in [-0.4, -0.2) is 20.5 Å². The van der Waals surface area contributed by atoms with Gasteiger partial charge in [0.2, 0.25) is 0 Å². The van der Waals surface area contributed by atoms with E-state index in [1.807, 2.05) is 43.3 Å². The molecule has 24 heavy (non-hydrogen) atoms. The zero-order chi connectivity index (χ0) is 17.3. The molecule has 5 heteroatoms. The van der Waals surface area contributed by atoms with Crippen LogP contribution in [0, 0.1) is 6.92 Å². The van der Waals surface area contributed by atoms with Gasteiger partial charge < -0.3 is 5.32 Å². The Morgan fingerprint density at radius 2 is 1.88 bits per heavy atom. The van der Waals surface area contributed by atoms with E-state index in [0.717, 1.165) is 11.3 Å². The molecule has 0 spiro atoms. The Labute approximate surface area is 141 Å². The normalized spacial score (nSPS) is 11.7. The Morgan fingerprint density at radius 3 is 2.54 bits per heavy atom. The zero-order valence-corrected chi connectivity index (χ0v) is 14.5. The summed E-state index contributed by atoms with van der Waals surface area (Å²) >= 11 is 0. The lowest BCUT2D eigenvalue weighted by molar-refractivity contribution is 0.0946. The third kappa shape index (κ3) is 3.30. The van der Waals surface area contributed by atoms with Crippen molar-refractivity contribution >= 4 is 11.6 Å². The monoisotopic (exact) mass is 322 g/mol. The minimum absolute atomic E-state index is 0.140. The Bertz CT molecular complexity index is 873. The van der Waals surface area contributed by atoms with Gasteiger partial charge in [-0.3, -0.25) is 4.79 Å². The van der Waals surface area contributed by atoms with Gasteiger partial charge in [0, 0.05) is 18.0 Å². The second-order valence-corrected chi connectivity index (χ2v) is 7.05. The van der Waals surface area contributed by atoms with Crippen molar-refractivity contribution < 1.29 is 4.79 Å². The summed E-state index contributed by atoms with van der Waals surface area (Å²) in [6, 6.07) is 11.7. The molecule has 0 saturated carbocycles. The second kappa shape index (κ2) is 6.07. The Balaban J connectivity index is 1.85. The molecular weight excluding hydrogens is 300 g/mol. The Hall–Kier alpha value is -2.69. The van der Waals surface area contributed by atoms with Crippen molar-refractivity contribution in [1.29, 1.82) is 0 Å². The minimum atomic E-state index is -0.176. The summed E-state index contributed by atoms with van der Waals surface area (Å²) in [6.07, 6.45) is 1.70. The molecule has 0 atom stereocenters. The lowest BCUT2D eigenvalue weighted by Gasteiger charge is -2.20. The predicted octanol–water partition coefficient (Wildman–Crippen LogP) is 3.27. The van der Waals surface area contributed by atoms with Crippen LogP contribution in [0.5, 0.6) is 0 Å². The first-order valence-electron chi connectivity index (χ1n) is 8.03. The molecule has 0 saturated heterocycles. The zero-order valence-electron chi connectivity index (χ0n) is 14.5. The maximum Gasteiger partial charge on any atom is 0.270 e. The molecule has 0 aliphatic carbocycles. The molecular formula is C19H22N4O. The van der Waals surface area contributed by atoms with Crippen LogP contribution in [0.3, 0.4) is 0 Å². The fourth-order valence-electron chi connectivity index (χ4n) is 2.54. The smallest absolute Gasteiger partial charge is 0.270 e. The van der Waals surface area contributed by atoms with Gasteiger partial charge in [0.05, 0.1) is 11.9 Å². The highest BCUT2D eigenvalue weighted by Gasteiger charge is 2.21. The Kier molecular flexibility index (Phi) is 4.09. The van der Waals surface area contributed by atoms with E-state index in [4.69, 9.17) is 0 Å².